The quantitative estimate of drug-likeness (QED) is 0.303. The third kappa shape index (κ3) is 14.3. The molecular weight excluding hydrogens is 436 g/mol. The van der Waals surface area contributed by atoms with Gasteiger partial charge in [0.05, 0.1) is 0 Å². The minimum atomic E-state index is 0.184. The van der Waals surface area contributed by atoms with Gasteiger partial charge in [0.15, 0.2) is 0 Å². The number of carbonyl (C=O) groups excluding carboxylic acids is 2. The Balaban J connectivity index is 1.44. The van der Waals surface area contributed by atoms with Crippen LogP contribution in [0.1, 0.15) is 105 Å². The average molecular weight is 493 g/mol. The fourth-order valence-corrected chi connectivity index (χ4v) is 5.60. The topological polar surface area (TPSA) is 64.7 Å². The normalized spacial score (nSPS) is 18.9. The Kier molecular flexibility index (Phi) is 14.9. The van der Waals surface area contributed by atoms with Crippen molar-refractivity contribution in [3.05, 3.63) is 0 Å². The number of carbonyl (C=O) groups is 2. The SMILES string of the molecule is CC(C)CCCCNC(=O)CCN1CCC(CCCC2CCN(CCC(=O)NC(C)C)CC2)CC1. The second kappa shape index (κ2) is 17.3. The van der Waals surface area contributed by atoms with Crippen molar-refractivity contribution >= 4 is 11.8 Å². The second-order valence-corrected chi connectivity index (χ2v) is 12.0. The van der Waals surface area contributed by atoms with Crippen molar-refractivity contribution < 1.29 is 9.59 Å². The lowest BCUT2D eigenvalue weighted by Crippen LogP contribution is -2.38. The highest BCUT2D eigenvalue weighted by Crippen LogP contribution is 2.27. The van der Waals surface area contributed by atoms with E-state index in [1.165, 1.54) is 57.8 Å². The maximum Gasteiger partial charge on any atom is 0.221 e. The van der Waals surface area contributed by atoms with Gasteiger partial charge in [-0.2, -0.15) is 0 Å². The summed E-state index contributed by atoms with van der Waals surface area (Å²) in [5, 5.41) is 6.09. The van der Waals surface area contributed by atoms with Crippen LogP contribution in [0.5, 0.6) is 0 Å². The van der Waals surface area contributed by atoms with Gasteiger partial charge in [-0.3, -0.25) is 9.59 Å². The molecule has 6 nitrogen and oxygen atoms in total. The van der Waals surface area contributed by atoms with E-state index in [-0.39, 0.29) is 17.9 Å². The third-order valence-electron chi connectivity index (χ3n) is 7.93. The van der Waals surface area contributed by atoms with Gasteiger partial charge in [-0.15, -0.1) is 0 Å². The van der Waals surface area contributed by atoms with Crippen LogP contribution in [-0.4, -0.2) is 73.5 Å². The van der Waals surface area contributed by atoms with Gasteiger partial charge in [0, 0.05) is 38.5 Å². The Morgan fingerprint density at radius 1 is 0.743 bits per heavy atom. The zero-order valence-electron chi connectivity index (χ0n) is 23.5. The molecule has 0 saturated carbocycles. The predicted octanol–water partition coefficient (Wildman–Crippen LogP) is 4.83. The first-order chi connectivity index (χ1) is 16.8. The summed E-state index contributed by atoms with van der Waals surface area (Å²) in [6.07, 6.45) is 14.2. The molecule has 0 spiro atoms. The first kappa shape index (κ1) is 30.1. The van der Waals surface area contributed by atoms with Crippen LogP contribution in [0.15, 0.2) is 0 Å². The Morgan fingerprint density at radius 3 is 1.74 bits per heavy atom. The van der Waals surface area contributed by atoms with Gasteiger partial charge in [0.2, 0.25) is 11.8 Å². The highest BCUT2D eigenvalue weighted by molar-refractivity contribution is 5.76. The predicted molar refractivity (Wildman–Crippen MR) is 146 cm³/mol. The van der Waals surface area contributed by atoms with Gasteiger partial charge in [-0.05, 0) is 89.9 Å². The maximum atomic E-state index is 12.1. The van der Waals surface area contributed by atoms with E-state index in [1.807, 2.05) is 13.8 Å². The van der Waals surface area contributed by atoms with Crippen molar-refractivity contribution in [1.29, 1.82) is 0 Å². The second-order valence-electron chi connectivity index (χ2n) is 12.0. The molecular formula is C29H56N4O2. The van der Waals surface area contributed by atoms with E-state index in [4.69, 9.17) is 0 Å². The molecule has 2 aliphatic rings. The van der Waals surface area contributed by atoms with Crippen LogP contribution in [0.25, 0.3) is 0 Å². The molecule has 35 heavy (non-hydrogen) atoms. The largest absolute Gasteiger partial charge is 0.356 e. The molecule has 0 aromatic carbocycles. The van der Waals surface area contributed by atoms with Crippen molar-refractivity contribution in [2.75, 3.05) is 45.8 Å². The number of likely N-dealkylation sites (tertiary alicyclic amines) is 2. The van der Waals surface area contributed by atoms with E-state index in [2.05, 4.69) is 34.3 Å². The number of piperidine rings is 2. The smallest absolute Gasteiger partial charge is 0.221 e. The van der Waals surface area contributed by atoms with E-state index in [1.54, 1.807) is 0 Å². The summed E-state index contributed by atoms with van der Waals surface area (Å²) in [5.41, 5.74) is 0. The van der Waals surface area contributed by atoms with Gasteiger partial charge < -0.3 is 20.4 Å². The van der Waals surface area contributed by atoms with Crippen molar-refractivity contribution in [3.8, 4) is 0 Å². The molecule has 2 heterocycles. The first-order valence-corrected chi connectivity index (χ1v) is 14.8. The molecule has 0 radical (unpaired) electrons. The van der Waals surface area contributed by atoms with E-state index >= 15 is 0 Å². The van der Waals surface area contributed by atoms with Crippen molar-refractivity contribution in [1.82, 2.24) is 20.4 Å². The van der Waals surface area contributed by atoms with E-state index in [0.717, 1.165) is 70.0 Å². The number of nitrogens with zero attached hydrogens (tertiary/aromatic N) is 2. The molecule has 0 unspecified atom stereocenters. The first-order valence-electron chi connectivity index (χ1n) is 14.8. The van der Waals surface area contributed by atoms with Crippen LogP contribution in [-0.2, 0) is 9.59 Å². The zero-order valence-corrected chi connectivity index (χ0v) is 23.5. The fraction of sp³-hybridized carbons (Fsp3) is 0.931. The molecule has 2 saturated heterocycles. The molecule has 6 heteroatoms. The molecule has 204 valence electrons. The zero-order chi connectivity index (χ0) is 25.5. The highest BCUT2D eigenvalue weighted by atomic mass is 16.2. The Labute approximate surface area is 216 Å². The summed E-state index contributed by atoms with van der Waals surface area (Å²) < 4.78 is 0. The van der Waals surface area contributed by atoms with Crippen LogP contribution >= 0.6 is 0 Å². The summed E-state index contributed by atoms with van der Waals surface area (Å²) >= 11 is 0. The minimum absolute atomic E-state index is 0.184. The summed E-state index contributed by atoms with van der Waals surface area (Å²) in [7, 11) is 0. The molecule has 2 amide bonds. The van der Waals surface area contributed by atoms with Crippen LogP contribution in [0.2, 0.25) is 0 Å². The van der Waals surface area contributed by atoms with Crippen molar-refractivity contribution in [2.45, 2.75) is 111 Å². The average Bonchev–Trinajstić information content (AvgIpc) is 2.82. The monoisotopic (exact) mass is 492 g/mol. The molecule has 0 bridgehead atoms. The Morgan fingerprint density at radius 2 is 1.26 bits per heavy atom. The third-order valence-corrected chi connectivity index (χ3v) is 7.93. The lowest BCUT2D eigenvalue weighted by atomic mass is 9.87. The number of amides is 2. The summed E-state index contributed by atoms with van der Waals surface area (Å²) in [4.78, 5) is 28.9. The van der Waals surface area contributed by atoms with Crippen LogP contribution in [0.3, 0.4) is 0 Å². The Bertz CT molecular complexity index is 579. The lowest BCUT2D eigenvalue weighted by molar-refractivity contribution is -0.122. The van der Waals surface area contributed by atoms with Gasteiger partial charge in [-0.25, -0.2) is 0 Å². The van der Waals surface area contributed by atoms with Gasteiger partial charge in [0.25, 0.3) is 0 Å². The molecule has 0 atom stereocenters. The summed E-state index contributed by atoms with van der Waals surface area (Å²) in [5.74, 6) is 2.92. The minimum Gasteiger partial charge on any atom is -0.356 e. The van der Waals surface area contributed by atoms with Crippen LogP contribution < -0.4 is 10.6 Å². The number of hydrogen-bond donors (Lipinski definition) is 2. The van der Waals surface area contributed by atoms with Crippen LogP contribution in [0.4, 0.5) is 0 Å². The number of rotatable bonds is 16. The van der Waals surface area contributed by atoms with E-state index < -0.39 is 0 Å². The fourth-order valence-electron chi connectivity index (χ4n) is 5.60. The van der Waals surface area contributed by atoms with Crippen molar-refractivity contribution in [3.63, 3.8) is 0 Å². The van der Waals surface area contributed by atoms with Gasteiger partial charge in [0.1, 0.15) is 0 Å². The van der Waals surface area contributed by atoms with Crippen LogP contribution in [0, 0.1) is 17.8 Å². The molecule has 2 aliphatic heterocycles. The standard InChI is InChI=1S/C29H56N4O2/c1-24(2)8-5-6-17-30-28(34)15-22-32-18-11-26(12-19-32)9-7-10-27-13-20-33(21-14-27)23-16-29(35)31-25(3)4/h24-27H,5-23H2,1-4H3,(H,30,34)(H,31,35). The molecule has 2 N–H and O–H groups in total. The lowest BCUT2D eigenvalue weighted by Gasteiger charge is -2.33. The highest BCUT2D eigenvalue weighted by Gasteiger charge is 2.22. The van der Waals surface area contributed by atoms with Gasteiger partial charge in [-0.1, -0.05) is 46.0 Å². The molecule has 0 aromatic rings. The van der Waals surface area contributed by atoms with Gasteiger partial charge >= 0.3 is 0 Å². The summed E-state index contributed by atoms with van der Waals surface area (Å²) in [6.45, 7) is 15.8. The maximum absolute atomic E-state index is 12.1. The molecule has 0 aliphatic carbocycles. The number of unbranched alkanes of at least 4 members (excludes halogenated alkanes) is 1. The molecule has 2 rings (SSSR count). The Hall–Kier alpha value is -1.14. The molecule has 0 aromatic heterocycles. The molecule has 2 fully saturated rings. The van der Waals surface area contributed by atoms with E-state index in [9.17, 15) is 9.59 Å². The summed E-state index contributed by atoms with van der Waals surface area (Å²) in [6, 6.07) is 0.237. The van der Waals surface area contributed by atoms with E-state index in [0.29, 0.717) is 12.8 Å². The number of hydrogen-bond acceptors (Lipinski definition) is 4. The number of nitrogens with one attached hydrogen (secondary N) is 2. The van der Waals surface area contributed by atoms with Crippen molar-refractivity contribution in [2.24, 2.45) is 17.8 Å².